The second-order valence-electron chi connectivity index (χ2n) is 10.7. The molecule has 0 spiro atoms. The Morgan fingerprint density at radius 3 is 2.14 bits per heavy atom. The third-order valence-corrected chi connectivity index (χ3v) is 8.17. The lowest BCUT2D eigenvalue weighted by atomic mass is 9.91. The second kappa shape index (κ2) is 15.6. The van der Waals surface area contributed by atoms with Gasteiger partial charge in [-0.25, -0.2) is 0 Å². The summed E-state index contributed by atoms with van der Waals surface area (Å²) in [7, 11) is 0. The van der Waals surface area contributed by atoms with Crippen molar-refractivity contribution in [1.82, 2.24) is 0 Å². The fourth-order valence-electron chi connectivity index (χ4n) is 5.41. The minimum atomic E-state index is -0.185. The molecule has 0 bridgehead atoms. The van der Waals surface area contributed by atoms with Crippen LogP contribution in [-0.4, -0.2) is 25.4 Å². The fourth-order valence-corrected chi connectivity index (χ4v) is 5.89. The van der Waals surface area contributed by atoms with Gasteiger partial charge in [0.2, 0.25) is 0 Å². The fraction of sp³-hybridized carbons (Fsp3) is 0.333. The van der Waals surface area contributed by atoms with Gasteiger partial charge in [0.15, 0.2) is 0 Å². The summed E-state index contributed by atoms with van der Waals surface area (Å²) in [4.78, 5) is 0. The van der Waals surface area contributed by atoms with Gasteiger partial charge >= 0.3 is 0 Å². The number of alkyl halides is 1. The van der Waals surface area contributed by atoms with Crippen molar-refractivity contribution in [3.05, 3.63) is 135 Å². The summed E-state index contributed by atoms with van der Waals surface area (Å²) < 4.78 is 24.9. The number of rotatable bonds is 13. The highest BCUT2D eigenvalue weighted by Crippen LogP contribution is 2.38. The van der Waals surface area contributed by atoms with Crippen LogP contribution >= 0.6 is 23.2 Å². The number of ether oxygens (including phenoxy) is 4. The molecule has 42 heavy (non-hydrogen) atoms. The average molecular weight is 606 g/mol. The zero-order chi connectivity index (χ0) is 29.1. The first kappa shape index (κ1) is 30.6. The lowest BCUT2D eigenvalue weighted by molar-refractivity contribution is -0.142. The maximum Gasteiger partial charge on any atom is 0.119 e. The quantitative estimate of drug-likeness (QED) is 0.143. The van der Waals surface area contributed by atoms with Gasteiger partial charge < -0.3 is 18.9 Å². The van der Waals surface area contributed by atoms with E-state index in [2.05, 4.69) is 42.5 Å². The third kappa shape index (κ3) is 8.59. The molecule has 0 amide bonds. The highest BCUT2D eigenvalue weighted by molar-refractivity contribution is 6.31. The Morgan fingerprint density at radius 2 is 1.48 bits per heavy atom. The van der Waals surface area contributed by atoms with Gasteiger partial charge in [-0.3, -0.25) is 0 Å². The molecule has 0 saturated carbocycles. The molecular weight excluding hydrogens is 567 g/mol. The van der Waals surface area contributed by atoms with Crippen molar-refractivity contribution >= 4 is 23.2 Å². The van der Waals surface area contributed by atoms with Gasteiger partial charge in [0, 0.05) is 23.7 Å². The molecule has 6 heteroatoms. The zero-order valence-electron chi connectivity index (χ0n) is 24.0. The Kier molecular flexibility index (Phi) is 11.3. The van der Waals surface area contributed by atoms with Crippen molar-refractivity contribution < 1.29 is 18.9 Å². The van der Waals surface area contributed by atoms with Crippen LogP contribution in [0, 0.1) is 0 Å². The molecule has 4 nitrogen and oxygen atoms in total. The van der Waals surface area contributed by atoms with Crippen LogP contribution in [0.15, 0.2) is 97.1 Å². The van der Waals surface area contributed by atoms with Crippen LogP contribution in [-0.2, 0) is 39.7 Å². The largest absolute Gasteiger partial charge is 0.494 e. The first-order chi connectivity index (χ1) is 20.6. The van der Waals surface area contributed by atoms with Gasteiger partial charge in [-0.05, 0) is 64.9 Å². The molecule has 0 N–H and O–H groups in total. The van der Waals surface area contributed by atoms with Crippen LogP contribution < -0.4 is 4.74 Å². The van der Waals surface area contributed by atoms with E-state index in [1.54, 1.807) is 0 Å². The van der Waals surface area contributed by atoms with Crippen molar-refractivity contribution in [2.75, 3.05) is 13.2 Å². The van der Waals surface area contributed by atoms with Crippen LogP contribution in [0.4, 0.5) is 0 Å². The first-order valence-electron chi connectivity index (χ1n) is 14.6. The zero-order valence-corrected chi connectivity index (χ0v) is 25.5. The normalized spacial score (nSPS) is 18.6. The Morgan fingerprint density at radius 1 is 0.786 bits per heavy atom. The highest BCUT2D eigenvalue weighted by Gasteiger charge is 2.33. The first-order valence-corrected chi connectivity index (χ1v) is 15.5. The minimum Gasteiger partial charge on any atom is -0.494 e. The summed E-state index contributed by atoms with van der Waals surface area (Å²) in [6, 6.07) is 32.8. The summed E-state index contributed by atoms with van der Waals surface area (Å²) in [6.45, 7) is 4.21. The summed E-state index contributed by atoms with van der Waals surface area (Å²) in [6.07, 6.45) is 1.92. The lowest BCUT2D eigenvalue weighted by Gasteiger charge is -2.36. The molecule has 1 saturated heterocycles. The minimum absolute atomic E-state index is 0.0164. The molecule has 1 aliphatic rings. The van der Waals surface area contributed by atoms with E-state index >= 15 is 0 Å². The maximum atomic E-state index is 6.78. The molecule has 3 unspecified atom stereocenters. The van der Waals surface area contributed by atoms with E-state index in [0.717, 1.165) is 52.0 Å². The average Bonchev–Trinajstić information content (AvgIpc) is 3.03. The Bertz CT molecular complexity index is 1380. The van der Waals surface area contributed by atoms with Crippen molar-refractivity contribution in [2.45, 2.75) is 63.6 Å². The molecule has 5 rings (SSSR count). The molecule has 0 radical (unpaired) electrons. The van der Waals surface area contributed by atoms with Crippen molar-refractivity contribution in [3.8, 4) is 5.75 Å². The number of hydrogen-bond donors (Lipinski definition) is 0. The molecule has 4 aromatic rings. The van der Waals surface area contributed by atoms with Crippen LogP contribution in [0.3, 0.4) is 0 Å². The monoisotopic (exact) mass is 604 g/mol. The van der Waals surface area contributed by atoms with Gasteiger partial charge in [0.1, 0.15) is 5.75 Å². The van der Waals surface area contributed by atoms with Crippen LogP contribution in [0.1, 0.15) is 59.3 Å². The van der Waals surface area contributed by atoms with E-state index in [1.807, 2.05) is 61.5 Å². The molecule has 0 aliphatic carbocycles. The Balaban J connectivity index is 1.34. The molecule has 220 valence electrons. The standard InChI is InChI=1S/C36H38Cl2O4/c1-2-40-31-15-13-26(14-16-31)17-29-18-34(30(22-37)19-35(29)38)36-21-32(41-24-28-11-7-4-8-12-28)20-33(42-36)25-39-23-27-9-5-3-6-10-27/h3-16,18-19,32-33,36H,2,17,20-25H2,1H3. The maximum absolute atomic E-state index is 6.78. The van der Waals surface area contributed by atoms with Gasteiger partial charge in [0.05, 0.1) is 44.7 Å². The van der Waals surface area contributed by atoms with Crippen LogP contribution in [0.5, 0.6) is 5.75 Å². The number of halogens is 2. The molecular formula is C36H38Cl2O4. The molecule has 0 aromatic heterocycles. The summed E-state index contributed by atoms with van der Waals surface area (Å²) >= 11 is 13.2. The van der Waals surface area contributed by atoms with E-state index in [1.165, 1.54) is 0 Å². The van der Waals surface area contributed by atoms with Gasteiger partial charge in [-0.1, -0.05) is 90.5 Å². The summed E-state index contributed by atoms with van der Waals surface area (Å²) in [5.74, 6) is 1.21. The highest BCUT2D eigenvalue weighted by atomic mass is 35.5. The van der Waals surface area contributed by atoms with E-state index < -0.39 is 0 Å². The molecule has 1 fully saturated rings. The third-order valence-electron chi connectivity index (χ3n) is 7.53. The summed E-state index contributed by atoms with van der Waals surface area (Å²) in [5.41, 5.74) is 6.54. The summed E-state index contributed by atoms with van der Waals surface area (Å²) in [5, 5.41) is 0.707. The molecule has 1 aliphatic heterocycles. The van der Waals surface area contributed by atoms with Crippen molar-refractivity contribution in [2.24, 2.45) is 0 Å². The van der Waals surface area contributed by atoms with Crippen LogP contribution in [0.25, 0.3) is 0 Å². The topological polar surface area (TPSA) is 36.9 Å². The Hall–Kier alpha value is -2.86. The molecule has 3 atom stereocenters. The van der Waals surface area contributed by atoms with E-state index in [-0.39, 0.29) is 18.3 Å². The SMILES string of the molecule is CCOc1ccc(Cc2cc(C3CC(OCc4ccccc4)CC(COCc4ccccc4)O3)c(CCl)cc2Cl)cc1. The number of hydrogen-bond acceptors (Lipinski definition) is 4. The van der Waals surface area contributed by atoms with E-state index in [9.17, 15) is 0 Å². The predicted molar refractivity (Wildman–Crippen MR) is 169 cm³/mol. The smallest absolute Gasteiger partial charge is 0.119 e. The van der Waals surface area contributed by atoms with Gasteiger partial charge in [-0.2, -0.15) is 0 Å². The lowest BCUT2D eigenvalue weighted by Crippen LogP contribution is -2.36. The second-order valence-corrected chi connectivity index (χ2v) is 11.3. The predicted octanol–water partition coefficient (Wildman–Crippen LogP) is 9.09. The van der Waals surface area contributed by atoms with Crippen LogP contribution in [0.2, 0.25) is 5.02 Å². The van der Waals surface area contributed by atoms with E-state index in [4.69, 9.17) is 42.1 Å². The Labute approximate surface area is 259 Å². The molecule has 1 heterocycles. The van der Waals surface area contributed by atoms with Crippen molar-refractivity contribution in [1.29, 1.82) is 0 Å². The molecule has 4 aromatic carbocycles. The van der Waals surface area contributed by atoms with Crippen molar-refractivity contribution in [3.63, 3.8) is 0 Å². The van der Waals surface area contributed by atoms with Gasteiger partial charge in [0.25, 0.3) is 0 Å². The van der Waals surface area contributed by atoms with Gasteiger partial charge in [-0.15, -0.1) is 11.6 Å². The number of benzene rings is 4. The van der Waals surface area contributed by atoms with E-state index in [0.29, 0.717) is 43.8 Å².